The van der Waals surface area contributed by atoms with Gasteiger partial charge in [0.2, 0.25) is 0 Å². The van der Waals surface area contributed by atoms with Gasteiger partial charge in [0, 0.05) is 0 Å². The minimum Gasteiger partial charge on any atom is -0.480 e. The number of aromatic nitrogens is 4. The first-order valence-electron chi connectivity index (χ1n) is 10.1. The van der Waals surface area contributed by atoms with Crippen LogP contribution in [0.3, 0.4) is 0 Å². The zero-order valence-electron chi connectivity index (χ0n) is 18.5. The van der Waals surface area contributed by atoms with Gasteiger partial charge >= 0.3 is 13.5 Å². The molecule has 0 amide bonds. The number of nitrogens with two attached hydrogens (primary N) is 1. The lowest BCUT2D eigenvalue weighted by atomic mass is 10.1. The Labute approximate surface area is 190 Å². The van der Waals surface area contributed by atoms with Gasteiger partial charge in [-0.1, -0.05) is 35.5 Å². The SMILES string of the molecule is C/C(=N\OP(=O)(CO[C@@H](C)Cn1cnc2c(N)ncnc21)N[C@@H](C)C(=O)O)c1ccccc1. The molecule has 3 aromatic rings. The van der Waals surface area contributed by atoms with Crippen LogP contribution in [-0.4, -0.2) is 54.8 Å². The van der Waals surface area contributed by atoms with E-state index in [2.05, 4.69) is 25.2 Å². The van der Waals surface area contributed by atoms with E-state index >= 15 is 0 Å². The van der Waals surface area contributed by atoms with Crippen molar-refractivity contribution in [1.82, 2.24) is 24.6 Å². The third-order valence-corrected chi connectivity index (χ3v) is 6.29. The van der Waals surface area contributed by atoms with Gasteiger partial charge < -0.3 is 24.8 Å². The molecule has 0 saturated heterocycles. The molecule has 0 saturated carbocycles. The van der Waals surface area contributed by atoms with Gasteiger partial charge in [0.05, 0.1) is 24.7 Å². The average molecular weight is 475 g/mol. The molecule has 13 heteroatoms. The molecule has 0 aliphatic rings. The molecule has 1 unspecified atom stereocenters. The summed E-state index contributed by atoms with van der Waals surface area (Å²) >= 11 is 0. The van der Waals surface area contributed by atoms with Gasteiger partial charge in [-0.25, -0.2) is 20.0 Å². The van der Waals surface area contributed by atoms with Crippen LogP contribution in [-0.2, 0) is 25.3 Å². The van der Waals surface area contributed by atoms with Crippen LogP contribution in [0.4, 0.5) is 5.82 Å². The second-order valence-corrected chi connectivity index (χ2v) is 9.45. The van der Waals surface area contributed by atoms with Gasteiger partial charge in [-0.2, -0.15) is 0 Å². The fourth-order valence-electron chi connectivity index (χ4n) is 2.88. The average Bonchev–Trinajstić information content (AvgIpc) is 3.21. The number of hydrogen-bond acceptors (Lipinski definition) is 9. The first kappa shape index (κ1) is 24.3. The molecule has 4 N–H and O–H groups in total. The number of rotatable bonds is 11. The number of nitrogens with one attached hydrogen (secondary N) is 1. The highest BCUT2D eigenvalue weighted by Crippen LogP contribution is 2.44. The van der Waals surface area contributed by atoms with Crippen molar-refractivity contribution >= 4 is 36.2 Å². The zero-order chi connectivity index (χ0) is 24.0. The van der Waals surface area contributed by atoms with E-state index in [0.717, 1.165) is 5.56 Å². The Hall–Kier alpha value is -3.34. The van der Waals surface area contributed by atoms with E-state index in [0.29, 0.717) is 23.4 Å². The Morgan fingerprint density at radius 1 is 1.27 bits per heavy atom. The van der Waals surface area contributed by atoms with Crippen molar-refractivity contribution in [2.75, 3.05) is 12.1 Å². The topological polar surface area (TPSA) is 167 Å². The van der Waals surface area contributed by atoms with Gasteiger partial charge in [0.25, 0.3) is 0 Å². The van der Waals surface area contributed by atoms with Crippen LogP contribution in [0, 0.1) is 0 Å². The summed E-state index contributed by atoms with van der Waals surface area (Å²) in [7, 11) is -3.81. The summed E-state index contributed by atoms with van der Waals surface area (Å²) in [6.07, 6.45) is 2.05. The second-order valence-electron chi connectivity index (χ2n) is 7.42. The predicted molar refractivity (Wildman–Crippen MR) is 123 cm³/mol. The van der Waals surface area contributed by atoms with Gasteiger partial charge in [-0.05, 0) is 26.3 Å². The molecule has 3 atom stereocenters. The smallest absolute Gasteiger partial charge is 0.364 e. The molecule has 176 valence electrons. The molecule has 0 spiro atoms. The number of imidazole rings is 1. The molecule has 0 bridgehead atoms. The number of aliphatic carboxylic acids is 1. The maximum absolute atomic E-state index is 13.3. The first-order valence-corrected chi connectivity index (χ1v) is 11.9. The van der Waals surface area contributed by atoms with Crippen molar-refractivity contribution in [3.8, 4) is 0 Å². The summed E-state index contributed by atoms with van der Waals surface area (Å²) < 4.78 is 26.1. The number of nitrogens with zero attached hydrogens (tertiary/aromatic N) is 5. The fraction of sp³-hybridized carbons (Fsp3) is 0.350. The van der Waals surface area contributed by atoms with Gasteiger partial charge in [0.15, 0.2) is 11.5 Å². The van der Waals surface area contributed by atoms with Crippen molar-refractivity contribution < 1.29 is 23.8 Å². The monoisotopic (exact) mass is 475 g/mol. The molecule has 2 heterocycles. The quantitative estimate of drug-likeness (QED) is 0.213. The summed E-state index contributed by atoms with van der Waals surface area (Å²) in [6.45, 7) is 5.15. The van der Waals surface area contributed by atoms with Crippen LogP contribution in [0.5, 0.6) is 0 Å². The lowest BCUT2D eigenvalue weighted by Gasteiger charge is -2.22. The standard InChI is InChI=1S/C20H26N7O5P/c1-13(9-27-11-24-17-18(21)22-10-23-19(17)27)31-12-33(30,26-15(3)20(28)29)32-25-14(2)16-7-5-4-6-8-16/h4-8,10-11,13,15H,9,12H2,1-3H3,(H,26,30)(H,28,29)(H2,21,22,23)/b25-14+/t13-,15-,33?/m0/s1. The van der Waals surface area contributed by atoms with Crippen molar-refractivity contribution in [2.45, 2.75) is 39.5 Å². The van der Waals surface area contributed by atoms with Crippen molar-refractivity contribution in [3.05, 3.63) is 48.5 Å². The normalized spacial score (nSPS) is 15.7. The molecule has 0 aliphatic carbocycles. The minimum absolute atomic E-state index is 0.267. The van der Waals surface area contributed by atoms with Crippen LogP contribution in [0.25, 0.3) is 11.2 Å². The van der Waals surface area contributed by atoms with Crippen LogP contribution in [0.1, 0.15) is 26.3 Å². The summed E-state index contributed by atoms with van der Waals surface area (Å²) in [6, 6.07) is 8.04. The zero-order valence-corrected chi connectivity index (χ0v) is 19.3. The largest absolute Gasteiger partial charge is 0.480 e. The van der Waals surface area contributed by atoms with E-state index in [1.54, 1.807) is 24.7 Å². The molecule has 3 rings (SSSR count). The molecule has 0 radical (unpaired) electrons. The van der Waals surface area contributed by atoms with Crippen LogP contribution < -0.4 is 10.8 Å². The lowest BCUT2D eigenvalue weighted by Crippen LogP contribution is -2.33. The summed E-state index contributed by atoms with van der Waals surface area (Å²) in [5.41, 5.74) is 8.08. The van der Waals surface area contributed by atoms with Gasteiger partial charge in [0.1, 0.15) is 24.2 Å². The summed E-state index contributed by atoms with van der Waals surface area (Å²) in [5, 5.41) is 15.7. The Kier molecular flexibility index (Phi) is 7.75. The Bertz CT molecular complexity index is 1180. The second kappa shape index (κ2) is 10.5. The molecule has 0 aliphatic heterocycles. The number of fused-ring (bicyclic) bond motifs is 1. The number of oxime groups is 1. The van der Waals surface area contributed by atoms with E-state index in [9.17, 15) is 14.5 Å². The number of nitrogen functional groups attached to an aromatic ring is 1. The minimum atomic E-state index is -3.81. The van der Waals surface area contributed by atoms with Gasteiger partial charge in [-0.3, -0.25) is 9.36 Å². The number of hydrogen-bond donors (Lipinski definition) is 3. The third kappa shape index (κ3) is 6.35. The lowest BCUT2D eigenvalue weighted by molar-refractivity contribution is -0.138. The highest BCUT2D eigenvalue weighted by Gasteiger charge is 2.31. The maximum Gasteiger partial charge on any atom is 0.364 e. The van der Waals surface area contributed by atoms with E-state index < -0.39 is 32.0 Å². The molecule has 0 fully saturated rings. The fourth-order valence-corrected chi connectivity index (χ4v) is 4.46. The molecule has 12 nitrogen and oxygen atoms in total. The van der Waals surface area contributed by atoms with Crippen LogP contribution >= 0.6 is 7.52 Å². The molecular weight excluding hydrogens is 449 g/mol. The van der Waals surface area contributed by atoms with Crippen molar-refractivity contribution in [2.24, 2.45) is 5.16 Å². The highest BCUT2D eigenvalue weighted by atomic mass is 31.2. The Balaban J connectivity index is 1.70. The molecule has 2 aromatic heterocycles. The molecule has 33 heavy (non-hydrogen) atoms. The number of carboxylic acids is 1. The number of carboxylic acid groups (broad SMARTS) is 1. The third-order valence-electron chi connectivity index (χ3n) is 4.67. The van der Waals surface area contributed by atoms with Crippen LogP contribution in [0.2, 0.25) is 0 Å². The van der Waals surface area contributed by atoms with Gasteiger partial charge in [-0.15, -0.1) is 0 Å². The predicted octanol–water partition coefficient (Wildman–Crippen LogP) is 2.47. The number of ether oxygens (including phenoxy) is 1. The van der Waals surface area contributed by atoms with Crippen molar-refractivity contribution in [3.63, 3.8) is 0 Å². The van der Waals surface area contributed by atoms with E-state index in [-0.39, 0.29) is 5.82 Å². The summed E-state index contributed by atoms with van der Waals surface area (Å²) in [4.78, 5) is 23.6. The van der Waals surface area contributed by atoms with E-state index in [1.807, 2.05) is 30.3 Å². The summed E-state index contributed by atoms with van der Waals surface area (Å²) in [5.74, 6) is -0.915. The molecule has 1 aromatic carbocycles. The van der Waals surface area contributed by atoms with E-state index in [1.165, 1.54) is 13.3 Å². The first-order chi connectivity index (χ1) is 15.7. The van der Waals surface area contributed by atoms with Crippen LogP contribution in [0.15, 0.2) is 48.1 Å². The Morgan fingerprint density at radius 2 is 2.00 bits per heavy atom. The van der Waals surface area contributed by atoms with E-state index in [4.69, 9.17) is 15.1 Å². The Morgan fingerprint density at radius 3 is 2.70 bits per heavy atom. The maximum atomic E-state index is 13.3. The number of anilines is 1. The number of carbonyl (C=O) groups is 1. The highest BCUT2D eigenvalue weighted by molar-refractivity contribution is 7.56. The van der Waals surface area contributed by atoms with Crippen molar-refractivity contribution in [1.29, 1.82) is 0 Å². The molecular formula is C20H26N7O5P. The number of benzene rings is 1.